The van der Waals surface area contributed by atoms with E-state index in [1.807, 2.05) is 30.3 Å². The van der Waals surface area contributed by atoms with E-state index in [0.717, 1.165) is 27.7 Å². The van der Waals surface area contributed by atoms with Gasteiger partial charge in [0.05, 0.1) is 14.8 Å². The molecule has 0 saturated heterocycles. The molecule has 3 rings (SSSR count). The molecule has 2 heterocycles. The van der Waals surface area contributed by atoms with E-state index in [1.165, 1.54) is 4.88 Å². The van der Waals surface area contributed by atoms with Crippen molar-refractivity contribution >= 4 is 50.2 Å². The predicted molar refractivity (Wildman–Crippen MR) is 89.7 cm³/mol. The molecule has 2 N–H and O–H groups in total. The highest BCUT2D eigenvalue weighted by Gasteiger charge is 2.07. The third-order valence-electron chi connectivity index (χ3n) is 3.10. The molecule has 3 aromatic rings. The number of rotatable bonds is 5. The van der Waals surface area contributed by atoms with Crippen molar-refractivity contribution in [3.05, 3.63) is 45.1 Å². The van der Waals surface area contributed by atoms with Crippen LogP contribution in [0.15, 0.2) is 40.2 Å². The lowest BCUT2D eigenvalue weighted by atomic mass is 10.2. The summed E-state index contributed by atoms with van der Waals surface area (Å²) in [5, 5.41) is 2.81. The van der Waals surface area contributed by atoms with Crippen molar-refractivity contribution in [2.45, 2.75) is 19.3 Å². The van der Waals surface area contributed by atoms with Crippen LogP contribution in [0.5, 0.6) is 0 Å². The minimum Gasteiger partial charge on any atom is -0.324 e. The number of carbonyl (C=O) groups excluding carboxylic acids is 1. The highest BCUT2D eigenvalue weighted by molar-refractivity contribution is 9.11. The maximum atomic E-state index is 11.9. The third kappa shape index (κ3) is 3.71. The molecular formula is C15H14BrN3OS. The standard InChI is InChI=1S/C15H14BrN3OS/c16-13-9-8-10(21-13)4-3-7-14(20)19-15-17-11-5-1-2-6-12(11)18-15/h1-2,5-6,8-9H,3-4,7H2,(H2,17,18,19,20). The van der Waals surface area contributed by atoms with E-state index in [4.69, 9.17) is 0 Å². The van der Waals surface area contributed by atoms with Crippen LogP contribution >= 0.6 is 27.3 Å². The predicted octanol–water partition coefficient (Wildman–Crippen LogP) is 4.35. The number of nitrogens with zero attached hydrogens (tertiary/aromatic N) is 1. The minimum atomic E-state index is -0.00956. The molecule has 0 unspecified atom stereocenters. The molecule has 1 amide bonds. The Hall–Kier alpha value is -1.66. The number of aryl methyl sites for hydroxylation is 1. The van der Waals surface area contributed by atoms with Gasteiger partial charge in [0.1, 0.15) is 0 Å². The number of anilines is 1. The number of thiophene rings is 1. The number of carbonyl (C=O) groups is 1. The zero-order valence-electron chi connectivity index (χ0n) is 11.2. The minimum absolute atomic E-state index is 0.00956. The van der Waals surface area contributed by atoms with Crippen LogP contribution in [0, 0.1) is 0 Å². The Morgan fingerprint density at radius 2 is 2.14 bits per heavy atom. The zero-order valence-corrected chi connectivity index (χ0v) is 13.6. The third-order valence-corrected chi connectivity index (χ3v) is 4.79. The number of para-hydroxylation sites is 2. The summed E-state index contributed by atoms with van der Waals surface area (Å²) in [5.41, 5.74) is 1.78. The summed E-state index contributed by atoms with van der Waals surface area (Å²) in [4.78, 5) is 20.6. The quantitative estimate of drug-likeness (QED) is 0.707. The lowest BCUT2D eigenvalue weighted by molar-refractivity contribution is -0.116. The molecule has 0 aliphatic rings. The molecular weight excluding hydrogens is 350 g/mol. The summed E-state index contributed by atoms with van der Waals surface area (Å²) in [6.45, 7) is 0. The van der Waals surface area contributed by atoms with Crippen LogP contribution in [0.4, 0.5) is 5.95 Å². The summed E-state index contributed by atoms with van der Waals surface area (Å²) in [6, 6.07) is 11.8. The van der Waals surface area contributed by atoms with Gasteiger partial charge < -0.3 is 4.98 Å². The van der Waals surface area contributed by atoms with Crippen molar-refractivity contribution in [1.82, 2.24) is 9.97 Å². The van der Waals surface area contributed by atoms with Crippen molar-refractivity contribution < 1.29 is 4.79 Å². The van der Waals surface area contributed by atoms with Gasteiger partial charge in [-0.25, -0.2) is 4.98 Å². The molecule has 0 bridgehead atoms. The molecule has 0 atom stereocenters. The molecule has 21 heavy (non-hydrogen) atoms. The van der Waals surface area contributed by atoms with Gasteiger partial charge in [0.2, 0.25) is 11.9 Å². The first-order chi connectivity index (χ1) is 10.2. The summed E-state index contributed by atoms with van der Waals surface area (Å²) >= 11 is 5.15. The second-order valence-electron chi connectivity index (χ2n) is 4.71. The summed E-state index contributed by atoms with van der Waals surface area (Å²) in [7, 11) is 0. The first-order valence-corrected chi connectivity index (χ1v) is 8.30. The Morgan fingerprint density at radius 3 is 2.90 bits per heavy atom. The number of imidazole rings is 1. The average molecular weight is 364 g/mol. The van der Waals surface area contributed by atoms with E-state index < -0.39 is 0 Å². The highest BCUT2D eigenvalue weighted by atomic mass is 79.9. The van der Waals surface area contributed by atoms with Crippen molar-refractivity contribution in [3.63, 3.8) is 0 Å². The van der Waals surface area contributed by atoms with Gasteiger partial charge in [-0.3, -0.25) is 10.1 Å². The molecule has 0 radical (unpaired) electrons. The van der Waals surface area contributed by atoms with E-state index in [0.29, 0.717) is 12.4 Å². The molecule has 0 spiro atoms. The topological polar surface area (TPSA) is 57.8 Å². The van der Waals surface area contributed by atoms with Crippen LogP contribution < -0.4 is 5.32 Å². The number of H-pyrrole nitrogens is 1. The van der Waals surface area contributed by atoms with Crippen molar-refractivity contribution in [3.8, 4) is 0 Å². The largest absolute Gasteiger partial charge is 0.324 e. The van der Waals surface area contributed by atoms with E-state index in [-0.39, 0.29) is 5.91 Å². The van der Waals surface area contributed by atoms with Gasteiger partial charge in [-0.1, -0.05) is 12.1 Å². The van der Waals surface area contributed by atoms with E-state index in [9.17, 15) is 4.79 Å². The summed E-state index contributed by atoms with van der Waals surface area (Å²) < 4.78 is 1.13. The molecule has 0 saturated carbocycles. The van der Waals surface area contributed by atoms with Gasteiger partial charge in [0.15, 0.2) is 0 Å². The maximum absolute atomic E-state index is 11.9. The Kier molecular flexibility index (Phi) is 4.36. The lowest BCUT2D eigenvalue weighted by Gasteiger charge is -2.01. The van der Waals surface area contributed by atoms with Crippen molar-refractivity contribution in [2.75, 3.05) is 5.32 Å². The number of hydrogen-bond acceptors (Lipinski definition) is 3. The monoisotopic (exact) mass is 363 g/mol. The van der Waals surface area contributed by atoms with Gasteiger partial charge in [0.25, 0.3) is 0 Å². The second-order valence-corrected chi connectivity index (χ2v) is 7.26. The fraction of sp³-hybridized carbons (Fsp3) is 0.200. The lowest BCUT2D eigenvalue weighted by Crippen LogP contribution is -2.12. The Balaban J connectivity index is 1.51. The number of aromatic amines is 1. The van der Waals surface area contributed by atoms with Crippen LogP contribution in [0.1, 0.15) is 17.7 Å². The summed E-state index contributed by atoms with van der Waals surface area (Å²) in [5.74, 6) is 0.504. The molecule has 6 heteroatoms. The molecule has 0 fully saturated rings. The van der Waals surface area contributed by atoms with E-state index in [2.05, 4.69) is 37.3 Å². The number of benzene rings is 1. The van der Waals surface area contributed by atoms with E-state index in [1.54, 1.807) is 11.3 Å². The van der Waals surface area contributed by atoms with Crippen LogP contribution in [-0.2, 0) is 11.2 Å². The van der Waals surface area contributed by atoms with Crippen LogP contribution in [-0.4, -0.2) is 15.9 Å². The van der Waals surface area contributed by atoms with Gasteiger partial charge in [-0.05, 0) is 53.0 Å². The Morgan fingerprint density at radius 1 is 1.29 bits per heavy atom. The molecule has 2 aromatic heterocycles. The number of fused-ring (bicyclic) bond motifs is 1. The number of nitrogens with one attached hydrogen (secondary N) is 2. The Bertz CT molecular complexity index is 732. The zero-order chi connectivity index (χ0) is 14.7. The number of amides is 1. The number of hydrogen-bond donors (Lipinski definition) is 2. The van der Waals surface area contributed by atoms with Crippen LogP contribution in [0.3, 0.4) is 0 Å². The maximum Gasteiger partial charge on any atom is 0.226 e. The van der Waals surface area contributed by atoms with Crippen molar-refractivity contribution in [1.29, 1.82) is 0 Å². The number of aromatic nitrogens is 2. The molecule has 4 nitrogen and oxygen atoms in total. The molecule has 0 aliphatic carbocycles. The van der Waals surface area contributed by atoms with E-state index >= 15 is 0 Å². The van der Waals surface area contributed by atoms with Gasteiger partial charge in [-0.15, -0.1) is 11.3 Å². The van der Waals surface area contributed by atoms with Gasteiger partial charge >= 0.3 is 0 Å². The smallest absolute Gasteiger partial charge is 0.226 e. The normalized spacial score (nSPS) is 10.9. The second kappa shape index (κ2) is 6.41. The molecule has 0 aliphatic heterocycles. The number of halogens is 1. The SMILES string of the molecule is O=C(CCCc1ccc(Br)s1)Nc1nc2ccccc2[nH]1. The first-order valence-electron chi connectivity index (χ1n) is 6.69. The van der Waals surface area contributed by atoms with Gasteiger partial charge in [0, 0.05) is 11.3 Å². The van der Waals surface area contributed by atoms with Crippen molar-refractivity contribution in [2.24, 2.45) is 0 Å². The average Bonchev–Trinajstić information content (AvgIpc) is 3.04. The first kappa shape index (κ1) is 14.3. The van der Waals surface area contributed by atoms with Crippen LogP contribution in [0.25, 0.3) is 11.0 Å². The molecule has 1 aromatic carbocycles. The fourth-order valence-electron chi connectivity index (χ4n) is 2.12. The van der Waals surface area contributed by atoms with Gasteiger partial charge in [-0.2, -0.15) is 0 Å². The fourth-order valence-corrected chi connectivity index (χ4v) is 3.64. The Labute approximate surface area is 134 Å². The highest BCUT2D eigenvalue weighted by Crippen LogP contribution is 2.23. The summed E-state index contributed by atoms with van der Waals surface area (Å²) in [6.07, 6.45) is 2.25. The van der Waals surface area contributed by atoms with Crippen LogP contribution in [0.2, 0.25) is 0 Å². The molecule has 108 valence electrons.